The largest absolute Gasteiger partial charge is 0.480 e. The lowest BCUT2D eigenvalue weighted by Crippen LogP contribution is -2.52. The first kappa shape index (κ1) is 28.3. The number of aliphatic carboxylic acids is 1. The Balaban J connectivity index is 1.41. The summed E-state index contributed by atoms with van der Waals surface area (Å²) >= 11 is 0. The average Bonchev–Trinajstić information content (AvgIpc) is 3.38. The summed E-state index contributed by atoms with van der Waals surface area (Å²) in [5, 5.41) is 12.5. The second-order valence-corrected chi connectivity index (χ2v) is 10.6. The fraction of sp³-hybridized carbons (Fsp3) is 0.484. The number of ether oxygens (including phenoxy) is 1. The van der Waals surface area contributed by atoms with Gasteiger partial charge >= 0.3 is 11.9 Å². The number of amides is 2. The molecule has 2 N–H and O–H groups in total. The molecule has 2 aliphatic rings. The van der Waals surface area contributed by atoms with E-state index in [4.69, 9.17) is 4.74 Å². The number of carbonyl (C=O) groups excluding carboxylic acids is 3. The summed E-state index contributed by atoms with van der Waals surface area (Å²) in [5.41, 5.74) is 2.51. The van der Waals surface area contributed by atoms with E-state index in [9.17, 15) is 24.3 Å². The lowest BCUT2D eigenvalue weighted by molar-refractivity contribution is -0.137. The van der Waals surface area contributed by atoms with Gasteiger partial charge < -0.3 is 15.2 Å². The molecule has 2 amide bonds. The number of fused-ring (bicyclic) bond motifs is 1. The number of hydrogen-bond acceptors (Lipinski definition) is 5. The van der Waals surface area contributed by atoms with E-state index in [1.54, 1.807) is 25.1 Å². The zero-order valence-electron chi connectivity index (χ0n) is 22.6. The van der Waals surface area contributed by atoms with Crippen LogP contribution in [0.25, 0.3) is 0 Å². The molecule has 1 saturated carbocycles. The first-order chi connectivity index (χ1) is 18.8. The smallest absolute Gasteiger partial charge is 0.338 e. The van der Waals surface area contributed by atoms with Gasteiger partial charge in [0.15, 0.2) is 0 Å². The van der Waals surface area contributed by atoms with Crippen LogP contribution in [-0.4, -0.2) is 48.1 Å². The lowest BCUT2D eigenvalue weighted by atomic mass is 9.79. The Morgan fingerprint density at radius 2 is 1.77 bits per heavy atom. The minimum atomic E-state index is -1.10. The predicted molar refractivity (Wildman–Crippen MR) is 148 cm³/mol. The van der Waals surface area contributed by atoms with Gasteiger partial charge in [-0.05, 0) is 75.1 Å². The molecule has 1 unspecified atom stereocenters. The quantitative estimate of drug-likeness (QED) is 0.320. The van der Waals surface area contributed by atoms with Crippen molar-refractivity contribution < 1.29 is 29.0 Å². The van der Waals surface area contributed by atoms with E-state index >= 15 is 0 Å². The number of carboxylic acid groups (broad SMARTS) is 1. The molecule has 2 aromatic rings. The first-order valence-corrected chi connectivity index (χ1v) is 14.0. The maximum absolute atomic E-state index is 13.7. The third-order valence-electron chi connectivity index (χ3n) is 8.05. The fourth-order valence-corrected chi connectivity index (χ4v) is 6.03. The van der Waals surface area contributed by atoms with Crippen LogP contribution < -0.4 is 10.2 Å². The molecule has 39 heavy (non-hydrogen) atoms. The van der Waals surface area contributed by atoms with Gasteiger partial charge in [-0.2, -0.15) is 0 Å². The molecule has 0 saturated heterocycles. The number of esters is 1. The monoisotopic (exact) mass is 534 g/mol. The van der Waals surface area contributed by atoms with Crippen molar-refractivity contribution in [1.82, 2.24) is 5.32 Å². The Hall–Kier alpha value is -3.68. The summed E-state index contributed by atoms with van der Waals surface area (Å²) < 4.78 is 5.19. The maximum atomic E-state index is 13.7. The molecule has 1 heterocycles. The van der Waals surface area contributed by atoms with Crippen LogP contribution in [0.1, 0.15) is 79.8 Å². The minimum Gasteiger partial charge on any atom is -0.480 e. The highest BCUT2D eigenvalue weighted by Gasteiger charge is 2.43. The van der Waals surface area contributed by atoms with Crippen molar-refractivity contribution in [2.75, 3.05) is 18.1 Å². The van der Waals surface area contributed by atoms with E-state index in [0.717, 1.165) is 56.1 Å². The van der Waals surface area contributed by atoms with E-state index in [1.165, 1.54) is 4.90 Å². The van der Waals surface area contributed by atoms with Crippen molar-refractivity contribution in [3.05, 3.63) is 65.2 Å². The first-order valence-electron chi connectivity index (χ1n) is 14.0. The molecule has 0 aromatic heterocycles. The Kier molecular flexibility index (Phi) is 9.38. The number of carbonyl (C=O) groups is 4. The molecule has 8 heteroatoms. The Morgan fingerprint density at radius 1 is 1.05 bits per heavy atom. The van der Waals surface area contributed by atoms with Crippen molar-refractivity contribution in [3.63, 3.8) is 0 Å². The standard InChI is InChI=1S/C31H38N2O6/c1-2-39-29(37)24-14-5-3-11-22(24)12-7-8-18-31(19-9-10-20-31)30(38)32-25-17-16-23-13-4-6-15-26(23)33(28(25)36)21-27(34)35/h3-6,11,13-15,25H,2,7-10,12,16-21H2,1H3,(H,32,38)(H,34,35). The third kappa shape index (κ3) is 6.67. The molecule has 1 atom stereocenters. The van der Waals surface area contributed by atoms with Crippen LogP contribution >= 0.6 is 0 Å². The fourth-order valence-electron chi connectivity index (χ4n) is 6.03. The maximum Gasteiger partial charge on any atom is 0.338 e. The number of rotatable bonds is 11. The normalized spacial score (nSPS) is 18.2. The van der Waals surface area contributed by atoms with Crippen molar-refractivity contribution in [2.24, 2.45) is 5.41 Å². The molecule has 4 rings (SSSR count). The molecule has 0 spiro atoms. The van der Waals surface area contributed by atoms with Crippen LogP contribution in [-0.2, 0) is 32.0 Å². The minimum absolute atomic E-state index is 0.105. The number of aryl methyl sites for hydroxylation is 2. The summed E-state index contributed by atoms with van der Waals surface area (Å²) in [6.07, 6.45) is 7.57. The van der Waals surface area contributed by atoms with Crippen molar-refractivity contribution in [3.8, 4) is 0 Å². The van der Waals surface area contributed by atoms with Gasteiger partial charge in [0, 0.05) is 11.1 Å². The van der Waals surface area contributed by atoms with Gasteiger partial charge in [-0.15, -0.1) is 0 Å². The summed E-state index contributed by atoms with van der Waals surface area (Å²) in [7, 11) is 0. The molecular weight excluding hydrogens is 496 g/mol. The molecule has 1 aliphatic carbocycles. The number of hydrogen-bond donors (Lipinski definition) is 2. The number of benzene rings is 2. The molecule has 0 radical (unpaired) electrons. The van der Waals surface area contributed by atoms with E-state index < -0.39 is 24.0 Å². The number of nitrogens with zero attached hydrogens (tertiary/aromatic N) is 1. The molecule has 8 nitrogen and oxygen atoms in total. The van der Waals surface area contributed by atoms with Crippen LogP contribution in [0, 0.1) is 5.41 Å². The molecule has 0 bridgehead atoms. The van der Waals surface area contributed by atoms with Gasteiger partial charge in [-0.25, -0.2) is 4.79 Å². The average molecular weight is 535 g/mol. The second-order valence-electron chi connectivity index (χ2n) is 10.6. The zero-order chi connectivity index (χ0) is 27.8. The van der Waals surface area contributed by atoms with E-state index in [1.807, 2.05) is 30.3 Å². The van der Waals surface area contributed by atoms with Gasteiger partial charge in [-0.3, -0.25) is 19.3 Å². The molecule has 208 valence electrons. The number of carboxylic acids is 1. The SMILES string of the molecule is CCOC(=O)c1ccccc1CCCCC1(C(=O)NC2CCc3ccccc3N(CC(=O)O)C2=O)CCCC1. The summed E-state index contributed by atoms with van der Waals surface area (Å²) in [6.45, 7) is 1.67. The highest BCUT2D eigenvalue weighted by atomic mass is 16.5. The van der Waals surface area contributed by atoms with Gasteiger partial charge in [0.2, 0.25) is 11.8 Å². The van der Waals surface area contributed by atoms with E-state index in [-0.39, 0.29) is 17.8 Å². The molecule has 1 aliphatic heterocycles. The molecule has 2 aromatic carbocycles. The number of unbranched alkanes of at least 4 members (excludes halogenated alkanes) is 1. The molecule has 1 fully saturated rings. The highest BCUT2D eigenvalue weighted by molar-refractivity contribution is 6.03. The molecular formula is C31H38N2O6. The van der Waals surface area contributed by atoms with Crippen molar-refractivity contribution >= 4 is 29.4 Å². The van der Waals surface area contributed by atoms with Crippen LogP contribution in [0.2, 0.25) is 0 Å². The summed E-state index contributed by atoms with van der Waals surface area (Å²) in [6, 6.07) is 14.0. The van der Waals surface area contributed by atoms with Crippen molar-refractivity contribution in [2.45, 2.75) is 77.2 Å². The van der Waals surface area contributed by atoms with Crippen LogP contribution in [0.15, 0.2) is 48.5 Å². The number of para-hydroxylation sites is 1. The van der Waals surface area contributed by atoms with Crippen molar-refractivity contribution in [1.29, 1.82) is 0 Å². The van der Waals surface area contributed by atoms with Gasteiger partial charge in [0.25, 0.3) is 0 Å². The lowest BCUT2D eigenvalue weighted by Gasteiger charge is -2.31. The summed E-state index contributed by atoms with van der Waals surface area (Å²) in [5.74, 6) is -1.89. The Bertz CT molecular complexity index is 1200. The summed E-state index contributed by atoms with van der Waals surface area (Å²) in [4.78, 5) is 52.3. The topological polar surface area (TPSA) is 113 Å². The Morgan fingerprint density at radius 3 is 2.51 bits per heavy atom. The second kappa shape index (κ2) is 12.9. The third-order valence-corrected chi connectivity index (χ3v) is 8.05. The zero-order valence-corrected chi connectivity index (χ0v) is 22.6. The van der Waals surface area contributed by atoms with Crippen LogP contribution in [0.3, 0.4) is 0 Å². The van der Waals surface area contributed by atoms with E-state index in [0.29, 0.717) is 37.1 Å². The van der Waals surface area contributed by atoms with Crippen LogP contribution in [0.5, 0.6) is 0 Å². The Labute approximate surface area is 229 Å². The van der Waals surface area contributed by atoms with Gasteiger partial charge in [0.1, 0.15) is 12.6 Å². The number of anilines is 1. The van der Waals surface area contributed by atoms with Crippen LogP contribution in [0.4, 0.5) is 5.69 Å². The van der Waals surface area contributed by atoms with E-state index in [2.05, 4.69) is 5.32 Å². The highest BCUT2D eigenvalue weighted by Crippen LogP contribution is 2.43. The number of nitrogens with one attached hydrogen (secondary N) is 1. The predicted octanol–water partition coefficient (Wildman–Crippen LogP) is 4.69. The van der Waals surface area contributed by atoms with Gasteiger partial charge in [0.05, 0.1) is 12.2 Å². The van der Waals surface area contributed by atoms with Gasteiger partial charge in [-0.1, -0.05) is 55.7 Å².